The lowest BCUT2D eigenvalue weighted by atomic mass is 10.3. The summed E-state index contributed by atoms with van der Waals surface area (Å²) in [6.07, 6.45) is 2.87. The van der Waals surface area contributed by atoms with Gasteiger partial charge in [-0.1, -0.05) is 0 Å². The van der Waals surface area contributed by atoms with Gasteiger partial charge in [0, 0.05) is 26.1 Å². The second kappa shape index (κ2) is 6.86. The van der Waals surface area contributed by atoms with Crippen molar-refractivity contribution in [2.75, 3.05) is 55.3 Å². The Hall–Kier alpha value is -2.29. The summed E-state index contributed by atoms with van der Waals surface area (Å²) in [4.78, 5) is 34.5. The molecule has 5 N–H and O–H groups in total. The van der Waals surface area contributed by atoms with Gasteiger partial charge in [-0.15, -0.1) is 0 Å². The number of amides is 1. The zero-order valence-corrected chi connectivity index (χ0v) is 13.1. The van der Waals surface area contributed by atoms with E-state index in [4.69, 9.17) is 5.73 Å². The van der Waals surface area contributed by atoms with Gasteiger partial charge in [0.15, 0.2) is 5.82 Å². The predicted molar refractivity (Wildman–Crippen MR) is 88.4 cm³/mol. The number of hydrogen-bond donors (Lipinski definition) is 4. The molecule has 1 aromatic rings. The Morgan fingerprint density at radius 1 is 1.30 bits per heavy atom. The number of nitrogens with two attached hydrogens (primary N) is 1. The molecule has 1 fully saturated rings. The van der Waals surface area contributed by atoms with Crippen molar-refractivity contribution < 1.29 is 4.79 Å². The first kappa shape index (κ1) is 15.6. The van der Waals surface area contributed by atoms with Gasteiger partial charge in [0.25, 0.3) is 5.56 Å². The molecule has 9 heteroatoms. The van der Waals surface area contributed by atoms with Crippen LogP contribution in [0.4, 0.5) is 17.5 Å². The number of fused-ring (bicyclic) bond motifs is 1. The lowest BCUT2D eigenvalue weighted by Crippen LogP contribution is -2.35. The average molecular weight is 321 g/mol. The van der Waals surface area contributed by atoms with Gasteiger partial charge in [0.05, 0.1) is 6.67 Å². The Bertz CT molecular complexity index is 624. The zero-order chi connectivity index (χ0) is 16.2. The third-order valence-electron chi connectivity index (χ3n) is 4.22. The highest BCUT2D eigenvalue weighted by Crippen LogP contribution is 2.25. The van der Waals surface area contributed by atoms with Crippen LogP contribution in [-0.2, 0) is 4.79 Å². The number of nitrogens with zero attached hydrogens (tertiary/aromatic N) is 3. The van der Waals surface area contributed by atoms with Crippen molar-refractivity contribution in [1.29, 1.82) is 0 Å². The van der Waals surface area contributed by atoms with Crippen molar-refractivity contribution in [2.24, 2.45) is 0 Å². The Kier molecular flexibility index (Phi) is 4.65. The Morgan fingerprint density at radius 3 is 2.87 bits per heavy atom. The summed E-state index contributed by atoms with van der Waals surface area (Å²) in [6.45, 7) is 4.80. The molecular weight excluding hydrogens is 298 g/mol. The summed E-state index contributed by atoms with van der Waals surface area (Å²) in [5, 5.41) is 5.91. The number of nitrogen functional groups attached to an aromatic ring is 1. The van der Waals surface area contributed by atoms with Gasteiger partial charge in [-0.25, -0.2) is 0 Å². The number of anilines is 3. The predicted octanol–water partition coefficient (Wildman–Crippen LogP) is -0.856. The van der Waals surface area contributed by atoms with Gasteiger partial charge < -0.3 is 26.2 Å². The number of carbonyl (C=O) groups excluding carboxylic acids is 1. The first-order valence-electron chi connectivity index (χ1n) is 8.01. The third kappa shape index (κ3) is 3.73. The highest BCUT2D eigenvalue weighted by Gasteiger charge is 2.24. The molecule has 0 bridgehead atoms. The maximum atomic E-state index is 11.9. The van der Waals surface area contributed by atoms with Crippen LogP contribution >= 0.6 is 0 Å². The van der Waals surface area contributed by atoms with Crippen LogP contribution in [0, 0.1) is 0 Å². The molecule has 0 radical (unpaired) electrons. The number of H-pyrrole nitrogens is 1. The van der Waals surface area contributed by atoms with Gasteiger partial charge >= 0.3 is 0 Å². The van der Waals surface area contributed by atoms with E-state index in [9.17, 15) is 9.59 Å². The van der Waals surface area contributed by atoms with Crippen LogP contribution in [0.3, 0.4) is 0 Å². The highest BCUT2D eigenvalue weighted by atomic mass is 16.1. The number of rotatable bonds is 6. The molecule has 0 aromatic carbocycles. The summed E-state index contributed by atoms with van der Waals surface area (Å²) < 4.78 is 0. The van der Waals surface area contributed by atoms with E-state index in [1.165, 1.54) is 12.8 Å². The molecule has 1 saturated heterocycles. The van der Waals surface area contributed by atoms with Crippen LogP contribution in [0.2, 0.25) is 0 Å². The van der Waals surface area contributed by atoms with E-state index in [2.05, 4.69) is 25.5 Å². The van der Waals surface area contributed by atoms with Crippen molar-refractivity contribution in [2.45, 2.75) is 19.3 Å². The van der Waals surface area contributed by atoms with E-state index in [1.54, 1.807) is 0 Å². The van der Waals surface area contributed by atoms with E-state index in [0.717, 1.165) is 19.6 Å². The van der Waals surface area contributed by atoms with Gasteiger partial charge in [-0.3, -0.25) is 14.6 Å². The number of aromatic nitrogens is 2. The topological polar surface area (TPSA) is 119 Å². The molecule has 1 aromatic heterocycles. The van der Waals surface area contributed by atoms with Gasteiger partial charge in [0.1, 0.15) is 5.69 Å². The lowest BCUT2D eigenvalue weighted by molar-refractivity contribution is -0.120. The van der Waals surface area contributed by atoms with Crippen LogP contribution in [0.1, 0.15) is 19.3 Å². The SMILES string of the molecule is Nc1nc2c(c(=O)[nH]1)NCN2CCC(=O)NCCN1CCCC1. The van der Waals surface area contributed by atoms with Crippen LogP contribution < -0.4 is 26.8 Å². The number of aromatic amines is 1. The van der Waals surface area contributed by atoms with Crippen molar-refractivity contribution in [1.82, 2.24) is 20.2 Å². The van der Waals surface area contributed by atoms with Crippen LogP contribution in [0.25, 0.3) is 0 Å². The maximum Gasteiger partial charge on any atom is 0.277 e. The van der Waals surface area contributed by atoms with Crippen molar-refractivity contribution in [3.63, 3.8) is 0 Å². The summed E-state index contributed by atoms with van der Waals surface area (Å²) in [7, 11) is 0. The van der Waals surface area contributed by atoms with Crippen molar-refractivity contribution in [3.8, 4) is 0 Å². The largest absolute Gasteiger partial charge is 0.369 e. The zero-order valence-electron chi connectivity index (χ0n) is 13.1. The van der Waals surface area contributed by atoms with Crippen LogP contribution in [0.5, 0.6) is 0 Å². The molecule has 2 aliphatic heterocycles. The Balaban J connectivity index is 1.44. The molecule has 0 atom stereocenters. The molecule has 0 unspecified atom stereocenters. The van der Waals surface area contributed by atoms with E-state index in [-0.39, 0.29) is 17.4 Å². The van der Waals surface area contributed by atoms with E-state index >= 15 is 0 Å². The van der Waals surface area contributed by atoms with Gasteiger partial charge in [0.2, 0.25) is 11.9 Å². The van der Waals surface area contributed by atoms with Crippen molar-refractivity contribution in [3.05, 3.63) is 10.4 Å². The molecular formula is C14H23N7O2. The standard InChI is InChI=1S/C14H23N7O2/c15-14-18-12-11(13(23)19-14)17-9-21(12)7-3-10(22)16-4-8-20-5-1-2-6-20/h17H,1-9H2,(H,16,22)(H3,15,18,19,23). The Morgan fingerprint density at radius 2 is 2.09 bits per heavy atom. The molecule has 3 heterocycles. The summed E-state index contributed by atoms with van der Waals surface area (Å²) in [5.74, 6) is 0.601. The van der Waals surface area contributed by atoms with E-state index in [0.29, 0.717) is 37.7 Å². The highest BCUT2D eigenvalue weighted by molar-refractivity contribution is 5.77. The van der Waals surface area contributed by atoms with Crippen LogP contribution in [-0.4, -0.2) is 60.2 Å². The molecule has 0 aliphatic carbocycles. The summed E-state index contributed by atoms with van der Waals surface area (Å²) in [6, 6.07) is 0. The minimum atomic E-state index is -0.287. The fourth-order valence-corrected chi connectivity index (χ4v) is 2.99. The molecule has 2 aliphatic rings. The Labute approximate surface area is 134 Å². The molecule has 9 nitrogen and oxygen atoms in total. The quantitative estimate of drug-likeness (QED) is 0.538. The molecule has 23 heavy (non-hydrogen) atoms. The number of hydrogen-bond acceptors (Lipinski definition) is 7. The fraction of sp³-hybridized carbons (Fsp3) is 0.643. The number of nitrogens with one attached hydrogen (secondary N) is 3. The minimum absolute atomic E-state index is 0.00968. The first-order valence-corrected chi connectivity index (χ1v) is 8.01. The summed E-state index contributed by atoms with van der Waals surface area (Å²) >= 11 is 0. The lowest BCUT2D eigenvalue weighted by Gasteiger charge is -2.17. The molecule has 0 spiro atoms. The normalized spacial score (nSPS) is 17.1. The second-order valence-electron chi connectivity index (χ2n) is 5.90. The minimum Gasteiger partial charge on any atom is -0.369 e. The van der Waals surface area contributed by atoms with E-state index < -0.39 is 0 Å². The number of likely N-dealkylation sites (tertiary alicyclic amines) is 1. The van der Waals surface area contributed by atoms with Crippen molar-refractivity contribution >= 4 is 23.4 Å². The molecule has 1 amide bonds. The maximum absolute atomic E-state index is 11.9. The fourth-order valence-electron chi connectivity index (χ4n) is 2.99. The van der Waals surface area contributed by atoms with E-state index in [1.807, 2.05) is 4.90 Å². The third-order valence-corrected chi connectivity index (χ3v) is 4.22. The van der Waals surface area contributed by atoms with Gasteiger partial charge in [-0.05, 0) is 25.9 Å². The summed E-state index contributed by atoms with van der Waals surface area (Å²) in [5.41, 5.74) is 5.69. The second-order valence-corrected chi connectivity index (χ2v) is 5.90. The molecule has 126 valence electrons. The molecule has 3 rings (SSSR count). The number of carbonyl (C=O) groups is 1. The molecule has 0 saturated carbocycles. The first-order chi connectivity index (χ1) is 11.1. The van der Waals surface area contributed by atoms with Gasteiger partial charge in [-0.2, -0.15) is 4.98 Å². The average Bonchev–Trinajstić information content (AvgIpc) is 3.15. The monoisotopic (exact) mass is 321 g/mol. The van der Waals surface area contributed by atoms with Crippen LogP contribution in [0.15, 0.2) is 4.79 Å². The smallest absolute Gasteiger partial charge is 0.277 e.